The molecular weight excluding hydrogens is 412 g/mol. The van der Waals surface area contributed by atoms with Crippen LogP contribution >= 0.6 is 15.9 Å². The minimum Gasteiger partial charge on any atom is -0.462 e. The molecule has 1 aromatic carbocycles. The molecule has 7 nitrogen and oxygen atoms in total. The number of ether oxygens (including phenoxy) is 2. The average Bonchev–Trinajstić information content (AvgIpc) is 3.20. The molecule has 2 aromatic heterocycles. The number of aromatic nitrogens is 4. The van der Waals surface area contributed by atoms with Gasteiger partial charge in [0.25, 0.3) is 0 Å². The smallest absolute Gasteiger partial charge is 0.343 e. The third-order valence-corrected chi connectivity index (χ3v) is 4.28. The van der Waals surface area contributed by atoms with Gasteiger partial charge in [-0.3, -0.25) is 4.68 Å². The Morgan fingerprint density at radius 1 is 1.11 bits per heavy atom. The van der Waals surface area contributed by atoms with Crippen LogP contribution in [0.3, 0.4) is 0 Å². The summed E-state index contributed by atoms with van der Waals surface area (Å²) in [6, 6.07) is 10.6. The van der Waals surface area contributed by atoms with Crippen molar-refractivity contribution >= 4 is 21.9 Å². The maximum atomic E-state index is 12.4. The van der Waals surface area contributed by atoms with Crippen LogP contribution < -0.4 is 4.74 Å². The number of hydrogen-bond donors (Lipinski definition) is 0. The van der Waals surface area contributed by atoms with Crippen molar-refractivity contribution in [3.8, 4) is 11.6 Å². The largest absolute Gasteiger partial charge is 0.462 e. The van der Waals surface area contributed by atoms with Crippen molar-refractivity contribution in [1.82, 2.24) is 19.7 Å². The molecule has 0 radical (unpaired) electrons. The SMILES string of the molecule is O=C(OCCCCCn1cncn1)c1cccnc1Oc1ccc(Br)cc1. The van der Waals surface area contributed by atoms with Crippen LogP contribution in [0.2, 0.25) is 0 Å². The molecule has 3 aromatic rings. The van der Waals surface area contributed by atoms with Crippen LogP contribution in [0, 0.1) is 0 Å². The lowest BCUT2D eigenvalue weighted by Gasteiger charge is -2.10. The van der Waals surface area contributed by atoms with E-state index in [4.69, 9.17) is 9.47 Å². The maximum Gasteiger partial charge on any atom is 0.343 e. The van der Waals surface area contributed by atoms with E-state index in [0.29, 0.717) is 17.9 Å². The second-order valence-corrected chi connectivity index (χ2v) is 6.68. The molecule has 0 atom stereocenters. The fourth-order valence-electron chi connectivity index (χ4n) is 2.39. The van der Waals surface area contributed by atoms with E-state index in [9.17, 15) is 4.79 Å². The Kier molecular flexibility index (Phi) is 6.92. The molecule has 0 saturated carbocycles. The van der Waals surface area contributed by atoms with Gasteiger partial charge in [-0.25, -0.2) is 14.8 Å². The van der Waals surface area contributed by atoms with E-state index in [1.54, 1.807) is 41.5 Å². The molecule has 3 rings (SSSR count). The predicted molar refractivity (Wildman–Crippen MR) is 103 cm³/mol. The number of esters is 1. The number of halogens is 1. The van der Waals surface area contributed by atoms with Gasteiger partial charge in [-0.15, -0.1) is 0 Å². The van der Waals surface area contributed by atoms with Gasteiger partial charge < -0.3 is 9.47 Å². The third-order valence-electron chi connectivity index (χ3n) is 3.75. The number of carbonyl (C=O) groups is 1. The first-order valence-electron chi connectivity index (χ1n) is 8.60. The fourth-order valence-corrected chi connectivity index (χ4v) is 2.65. The van der Waals surface area contributed by atoms with Crippen LogP contribution in [0.5, 0.6) is 11.6 Å². The van der Waals surface area contributed by atoms with Crippen molar-refractivity contribution in [2.45, 2.75) is 25.8 Å². The molecule has 0 aliphatic rings. The van der Waals surface area contributed by atoms with Gasteiger partial charge in [0.15, 0.2) is 0 Å². The first kappa shape index (κ1) is 19.0. The summed E-state index contributed by atoms with van der Waals surface area (Å²) in [4.78, 5) is 20.4. The van der Waals surface area contributed by atoms with E-state index in [1.165, 1.54) is 6.33 Å². The Bertz CT molecular complexity index is 854. The standard InChI is InChI=1S/C19H19BrN4O3/c20-15-6-8-16(9-7-15)27-18-17(5-4-10-22-18)19(25)26-12-3-1-2-11-24-14-21-13-23-24/h4-10,13-14H,1-3,11-12H2. The summed E-state index contributed by atoms with van der Waals surface area (Å²) in [6.07, 6.45) is 7.45. The summed E-state index contributed by atoms with van der Waals surface area (Å²) in [5.74, 6) is 0.390. The van der Waals surface area contributed by atoms with Gasteiger partial charge >= 0.3 is 5.97 Å². The molecule has 0 aliphatic carbocycles. The molecule has 0 unspecified atom stereocenters. The molecule has 0 saturated heterocycles. The number of hydrogen-bond acceptors (Lipinski definition) is 6. The van der Waals surface area contributed by atoms with Crippen molar-refractivity contribution in [3.05, 3.63) is 65.3 Å². The number of benzene rings is 1. The fraction of sp³-hybridized carbons (Fsp3) is 0.263. The van der Waals surface area contributed by atoms with Gasteiger partial charge in [0, 0.05) is 17.2 Å². The van der Waals surface area contributed by atoms with E-state index in [-0.39, 0.29) is 5.88 Å². The van der Waals surface area contributed by atoms with Crippen molar-refractivity contribution in [2.24, 2.45) is 0 Å². The molecule has 0 bridgehead atoms. The van der Waals surface area contributed by atoms with E-state index in [2.05, 4.69) is 31.0 Å². The summed E-state index contributed by atoms with van der Waals surface area (Å²) in [5, 5.41) is 4.05. The van der Waals surface area contributed by atoms with Crippen LogP contribution in [0.1, 0.15) is 29.6 Å². The third kappa shape index (κ3) is 5.89. The highest BCUT2D eigenvalue weighted by Gasteiger charge is 2.15. The molecule has 0 spiro atoms. The van der Waals surface area contributed by atoms with Crippen LogP contribution in [0.15, 0.2) is 59.7 Å². The number of pyridine rings is 1. The zero-order valence-corrected chi connectivity index (χ0v) is 16.2. The first-order valence-corrected chi connectivity index (χ1v) is 9.39. The van der Waals surface area contributed by atoms with Crippen LogP contribution in [0.4, 0.5) is 0 Å². The maximum absolute atomic E-state index is 12.4. The topological polar surface area (TPSA) is 79.1 Å². The molecule has 0 aliphatic heterocycles. The van der Waals surface area contributed by atoms with Crippen molar-refractivity contribution in [2.75, 3.05) is 6.61 Å². The number of unbranched alkanes of at least 4 members (excludes halogenated alkanes) is 2. The molecule has 2 heterocycles. The second-order valence-electron chi connectivity index (χ2n) is 5.77. The van der Waals surface area contributed by atoms with Gasteiger partial charge in [-0.1, -0.05) is 15.9 Å². The summed E-state index contributed by atoms with van der Waals surface area (Å²) >= 11 is 3.37. The normalized spacial score (nSPS) is 10.6. The molecular formula is C19H19BrN4O3. The Labute approximate surface area is 165 Å². The molecule has 0 fully saturated rings. The number of nitrogens with zero attached hydrogens (tertiary/aromatic N) is 4. The molecule has 0 N–H and O–H groups in total. The minimum atomic E-state index is -0.438. The molecule has 140 valence electrons. The summed E-state index contributed by atoms with van der Waals surface area (Å²) in [7, 11) is 0. The Hall–Kier alpha value is -2.74. The highest BCUT2D eigenvalue weighted by molar-refractivity contribution is 9.10. The second kappa shape index (κ2) is 9.82. The monoisotopic (exact) mass is 430 g/mol. The summed E-state index contributed by atoms with van der Waals surface area (Å²) in [6.45, 7) is 1.16. The van der Waals surface area contributed by atoms with Gasteiger partial charge in [-0.05, 0) is 55.7 Å². The number of aryl methyl sites for hydroxylation is 1. The molecule has 27 heavy (non-hydrogen) atoms. The minimum absolute atomic E-state index is 0.232. The van der Waals surface area contributed by atoms with Crippen molar-refractivity contribution in [1.29, 1.82) is 0 Å². The first-order chi connectivity index (χ1) is 13.2. The zero-order valence-electron chi connectivity index (χ0n) is 14.6. The summed E-state index contributed by atoms with van der Waals surface area (Å²) in [5.41, 5.74) is 0.308. The van der Waals surface area contributed by atoms with E-state index >= 15 is 0 Å². The Morgan fingerprint density at radius 3 is 2.74 bits per heavy atom. The number of carbonyl (C=O) groups excluding carboxylic acids is 1. The molecule has 0 amide bonds. The number of rotatable bonds is 9. The zero-order chi connectivity index (χ0) is 18.9. The van der Waals surface area contributed by atoms with Gasteiger partial charge in [-0.2, -0.15) is 5.10 Å². The van der Waals surface area contributed by atoms with Crippen LogP contribution in [-0.2, 0) is 11.3 Å². The quantitative estimate of drug-likeness (QED) is 0.372. The molecule has 8 heteroatoms. The van der Waals surface area contributed by atoms with Crippen LogP contribution in [0.25, 0.3) is 0 Å². The van der Waals surface area contributed by atoms with Crippen LogP contribution in [-0.4, -0.2) is 32.3 Å². The van der Waals surface area contributed by atoms with E-state index in [0.717, 1.165) is 30.3 Å². The lowest BCUT2D eigenvalue weighted by atomic mass is 10.2. The van der Waals surface area contributed by atoms with Crippen molar-refractivity contribution in [3.63, 3.8) is 0 Å². The summed E-state index contributed by atoms with van der Waals surface area (Å²) < 4.78 is 13.8. The van der Waals surface area contributed by atoms with E-state index < -0.39 is 5.97 Å². The average molecular weight is 431 g/mol. The lowest BCUT2D eigenvalue weighted by Crippen LogP contribution is -2.09. The Morgan fingerprint density at radius 2 is 1.96 bits per heavy atom. The van der Waals surface area contributed by atoms with Crippen molar-refractivity contribution < 1.29 is 14.3 Å². The van der Waals surface area contributed by atoms with E-state index in [1.807, 2.05) is 12.1 Å². The highest BCUT2D eigenvalue weighted by atomic mass is 79.9. The van der Waals surface area contributed by atoms with Gasteiger partial charge in [0.05, 0.1) is 6.61 Å². The predicted octanol–water partition coefficient (Wildman–Crippen LogP) is 4.26. The Balaban J connectivity index is 1.47. The van der Waals surface area contributed by atoms with Gasteiger partial charge in [0.2, 0.25) is 5.88 Å². The lowest BCUT2D eigenvalue weighted by molar-refractivity contribution is 0.0494. The van der Waals surface area contributed by atoms with Gasteiger partial charge in [0.1, 0.15) is 24.0 Å². The highest BCUT2D eigenvalue weighted by Crippen LogP contribution is 2.25.